The van der Waals surface area contributed by atoms with Gasteiger partial charge >= 0.3 is 0 Å². The van der Waals surface area contributed by atoms with E-state index in [1.807, 2.05) is 0 Å². The number of nitrogen functional groups attached to an aromatic ring is 1. The van der Waals surface area contributed by atoms with Crippen molar-refractivity contribution in [3.8, 4) is 0 Å². The molecule has 0 saturated heterocycles. The van der Waals surface area contributed by atoms with E-state index < -0.39 is 0 Å². The number of carbonyl (C=O) groups is 1. The maximum absolute atomic E-state index is 12.8. The van der Waals surface area contributed by atoms with E-state index >= 15 is 0 Å². The molecule has 1 aromatic heterocycles. The van der Waals surface area contributed by atoms with Crippen molar-refractivity contribution in [1.82, 2.24) is 9.88 Å². The number of nitrogens with zero attached hydrogens (tertiary/aromatic N) is 2. The zero-order chi connectivity index (χ0) is 14.7. The van der Waals surface area contributed by atoms with Crippen molar-refractivity contribution < 1.29 is 9.18 Å². The normalized spacial score (nSPS) is 10.3. The highest BCUT2D eigenvalue weighted by molar-refractivity contribution is 9.10. The molecule has 104 valence electrons. The molecule has 0 atom stereocenters. The van der Waals surface area contributed by atoms with Gasteiger partial charge in [0.1, 0.15) is 11.6 Å². The van der Waals surface area contributed by atoms with Gasteiger partial charge in [0, 0.05) is 24.3 Å². The minimum Gasteiger partial charge on any atom is -0.383 e. The Morgan fingerprint density at radius 2 is 2.05 bits per heavy atom. The van der Waals surface area contributed by atoms with Crippen LogP contribution in [0.15, 0.2) is 41.0 Å². The lowest BCUT2D eigenvalue weighted by atomic mass is 10.2. The Morgan fingerprint density at radius 1 is 1.40 bits per heavy atom. The van der Waals surface area contributed by atoms with Crippen LogP contribution in [-0.4, -0.2) is 22.8 Å². The van der Waals surface area contributed by atoms with E-state index in [2.05, 4.69) is 20.9 Å². The van der Waals surface area contributed by atoms with Crippen LogP contribution in [0, 0.1) is 5.82 Å². The molecule has 20 heavy (non-hydrogen) atoms. The number of amides is 1. The van der Waals surface area contributed by atoms with Crippen molar-refractivity contribution in [1.29, 1.82) is 0 Å². The summed E-state index contributed by atoms with van der Waals surface area (Å²) in [5, 5.41) is 0. The number of pyridine rings is 1. The maximum atomic E-state index is 12.8. The monoisotopic (exact) mass is 337 g/mol. The fourth-order valence-corrected chi connectivity index (χ4v) is 2.09. The Hall–Kier alpha value is -1.95. The molecule has 1 amide bonds. The van der Waals surface area contributed by atoms with Gasteiger partial charge in [0.25, 0.3) is 5.91 Å². The molecule has 0 aliphatic rings. The van der Waals surface area contributed by atoms with E-state index in [9.17, 15) is 9.18 Å². The van der Waals surface area contributed by atoms with Gasteiger partial charge in [0.15, 0.2) is 0 Å². The molecule has 2 N–H and O–H groups in total. The van der Waals surface area contributed by atoms with E-state index in [4.69, 9.17) is 5.73 Å². The molecule has 0 bridgehead atoms. The van der Waals surface area contributed by atoms with Gasteiger partial charge in [-0.2, -0.15) is 0 Å². The van der Waals surface area contributed by atoms with Gasteiger partial charge in [0.05, 0.1) is 5.56 Å². The second-order valence-corrected chi connectivity index (χ2v) is 5.29. The fraction of sp³-hybridized carbons (Fsp3) is 0.143. The first-order chi connectivity index (χ1) is 9.47. The van der Waals surface area contributed by atoms with Crippen LogP contribution >= 0.6 is 15.9 Å². The van der Waals surface area contributed by atoms with Crippen LogP contribution in [0.5, 0.6) is 0 Å². The molecule has 6 heteroatoms. The minimum absolute atomic E-state index is 0.184. The molecule has 2 aromatic rings. The average molecular weight is 338 g/mol. The Balaban J connectivity index is 2.16. The second-order valence-electron chi connectivity index (χ2n) is 4.37. The van der Waals surface area contributed by atoms with Crippen LogP contribution in [0.2, 0.25) is 0 Å². The van der Waals surface area contributed by atoms with Gasteiger partial charge in [-0.25, -0.2) is 9.37 Å². The van der Waals surface area contributed by atoms with Gasteiger partial charge in [0.2, 0.25) is 0 Å². The number of benzene rings is 1. The maximum Gasteiger partial charge on any atom is 0.257 e. The molecular formula is C14H13BrFN3O. The summed E-state index contributed by atoms with van der Waals surface area (Å²) in [6.45, 7) is 0.366. The van der Waals surface area contributed by atoms with Gasteiger partial charge in [-0.3, -0.25) is 4.79 Å². The summed E-state index contributed by atoms with van der Waals surface area (Å²) in [5.74, 6) is -0.354. The van der Waals surface area contributed by atoms with Crippen LogP contribution in [0.25, 0.3) is 0 Å². The standard InChI is InChI=1S/C14H13BrFN3O/c1-19(8-9-2-4-11(16)5-3-9)14(20)12-6-10(15)7-18-13(12)17/h2-7H,8H2,1H3,(H2,17,18). The lowest BCUT2D eigenvalue weighted by Gasteiger charge is -2.18. The summed E-state index contributed by atoms with van der Waals surface area (Å²) < 4.78 is 13.5. The first-order valence-electron chi connectivity index (χ1n) is 5.88. The molecule has 1 aromatic carbocycles. The quantitative estimate of drug-likeness (QED) is 0.936. The smallest absolute Gasteiger partial charge is 0.257 e. The van der Waals surface area contributed by atoms with Gasteiger partial charge in [-0.1, -0.05) is 12.1 Å². The third-order valence-electron chi connectivity index (χ3n) is 2.80. The van der Waals surface area contributed by atoms with Crippen LogP contribution < -0.4 is 5.73 Å². The summed E-state index contributed by atoms with van der Waals surface area (Å²) in [6, 6.07) is 7.64. The molecule has 0 radical (unpaired) electrons. The Kier molecular flexibility index (Phi) is 4.34. The molecule has 2 rings (SSSR count). The topological polar surface area (TPSA) is 59.2 Å². The van der Waals surface area contributed by atoms with Crippen molar-refractivity contribution in [2.24, 2.45) is 0 Å². The summed E-state index contributed by atoms with van der Waals surface area (Å²) >= 11 is 3.26. The summed E-state index contributed by atoms with van der Waals surface area (Å²) in [6.07, 6.45) is 1.53. The number of rotatable bonds is 3. The molecule has 0 aliphatic carbocycles. The number of carbonyl (C=O) groups excluding carboxylic acids is 1. The Bertz CT molecular complexity index is 631. The molecule has 4 nitrogen and oxygen atoms in total. The van der Waals surface area contributed by atoms with Crippen LogP contribution in [0.1, 0.15) is 15.9 Å². The number of anilines is 1. The highest BCUT2D eigenvalue weighted by Crippen LogP contribution is 2.18. The van der Waals surface area contributed by atoms with E-state index in [0.717, 1.165) is 5.56 Å². The second kappa shape index (κ2) is 6.00. The third kappa shape index (κ3) is 3.33. The van der Waals surface area contributed by atoms with Crippen molar-refractivity contribution in [3.05, 3.63) is 57.9 Å². The lowest BCUT2D eigenvalue weighted by Crippen LogP contribution is -2.27. The highest BCUT2D eigenvalue weighted by Gasteiger charge is 2.16. The number of nitrogens with two attached hydrogens (primary N) is 1. The SMILES string of the molecule is CN(Cc1ccc(F)cc1)C(=O)c1cc(Br)cnc1N. The van der Waals surface area contributed by atoms with Crippen LogP contribution in [-0.2, 0) is 6.54 Å². The molecular weight excluding hydrogens is 325 g/mol. The number of aromatic nitrogens is 1. The molecule has 0 fully saturated rings. The summed E-state index contributed by atoms with van der Waals surface area (Å²) in [7, 11) is 1.66. The highest BCUT2D eigenvalue weighted by atomic mass is 79.9. The van der Waals surface area contributed by atoms with Crippen molar-refractivity contribution in [2.45, 2.75) is 6.54 Å². The first kappa shape index (κ1) is 14.5. The van der Waals surface area contributed by atoms with Crippen LogP contribution in [0.3, 0.4) is 0 Å². The number of hydrogen-bond donors (Lipinski definition) is 1. The van der Waals surface area contributed by atoms with Crippen molar-refractivity contribution in [3.63, 3.8) is 0 Å². The van der Waals surface area contributed by atoms with E-state index in [1.165, 1.54) is 23.2 Å². The zero-order valence-corrected chi connectivity index (χ0v) is 12.4. The molecule has 0 unspecified atom stereocenters. The fourth-order valence-electron chi connectivity index (χ4n) is 1.76. The Morgan fingerprint density at radius 3 is 2.70 bits per heavy atom. The van der Waals surface area contributed by atoms with Crippen molar-refractivity contribution in [2.75, 3.05) is 12.8 Å². The van der Waals surface area contributed by atoms with Gasteiger partial charge in [-0.15, -0.1) is 0 Å². The van der Waals surface area contributed by atoms with Gasteiger partial charge < -0.3 is 10.6 Å². The minimum atomic E-state index is -0.303. The average Bonchev–Trinajstić information content (AvgIpc) is 2.43. The summed E-state index contributed by atoms with van der Waals surface area (Å²) in [5.41, 5.74) is 6.89. The molecule has 0 saturated carbocycles. The van der Waals surface area contributed by atoms with Crippen molar-refractivity contribution >= 4 is 27.7 Å². The summed E-state index contributed by atoms with van der Waals surface area (Å²) in [4.78, 5) is 17.7. The molecule has 0 spiro atoms. The number of hydrogen-bond acceptors (Lipinski definition) is 3. The zero-order valence-electron chi connectivity index (χ0n) is 10.8. The first-order valence-corrected chi connectivity index (χ1v) is 6.67. The van der Waals surface area contributed by atoms with Crippen LogP contribution in [0.4, 0.5) is 10.2 Å². The lowest BCUT2D eigenvalue weighted by molar-refractivity contribution is 0.0785. The van der Waals surface area contributed by atoms with Gasteiger partial charge in [-0.05, 0) is 39.7 Å². The molecule has 1 heterocycles. The van der Waals surface area contributed by atoms with E-state index in [0.29, 0.717) is 16.6 Å². The Labute approximate surface area is 124 Å². The number of halogens is 2. The predicted molar refractivity (Wildman–Crippen MR) is 78.5 cm³/mol. The van der Waals surface area contributed by atoms with E-state index in [-0.39, 0.29) is 17.5 Å². The third-order valence-corrected chi connectivity index (χ3v) is 3.23. The largest absolute Gasteiger partial charge is 0.383 e. The predicted octanol–water partition coefficient (Wildman–Crippen LogP) is 2.84. The molecule has 0 aliphatic heterocycles. The van der Waals surface area contributed by atoms with E-state index in [1.54, 1.807) is 25.2 Å².